The minimum Gasteiger partial charge on any atom is -0.343 e. The van der Waals surface area contributed by atoms with Crippen molar-refractivity contribution in [3.05, 3.63) is 17.5 Å². The van der Waals surface area contributed by atoms with Gasteiger partial charge in [0, 0.05) is 51.9 Å². The summed E-state index contributed by atoms with van der Waals surface area (Å²) in [6.45, 7) is 9.50. The minimum absolute atomic E-state index is 0.197. The zero-order valence-electron chi connectivity index (χ0n) is 15.9. The van der Waals surface area contributed by atoms with Crippen LogP contribution in [-0.2, 0) is 11.3 Å². The Morgan fingerprint density at radius 3 is 2.68 bits per heavy atom. The van der Waals surface area contributed by atoms with Crippen molar-refractivity contribution in [2.75, 3.05) is 44.7 Å². The van der Waals surface area contributed by atoms with Gasteiger partial charge in [0.05, 0.1) is 5.69 Å². The molecule has 0 aromatic carbocycles. The van der Waals surface area contributed by atoms with E-state index >= 15 is 0 Å². The van der Waals surface area contributed by atoms with Gasteiger partial charge in [-0.3, -0.25) is 4.79 Å². The zero-order valence-corrected chi connectivity index (χ0v) is 15.9. The lowest BCUT2D eigenvalue weighted by atomic mass is 10.1. The van der Waals surface area contributed by atoms with E-state index in [0.29, 0.717) is 5.92 Å². The summed E-state index contributed by atoms with van der Waals surface area (Å²) in [6, 6.07) is 2.10. The molecule has 1 atom stereocenters. The normalized spacial score (nSPS) is 21.2. The molecule has 3 heterocycles. The molecule has 25 heavy (non-hydrogen) atoms. The van der Waals surface area contributed by atoms with E-state index in [2.05, 4.69) is 34.8 Å². The Morgan fingerprint density at radius 1 is 1.24 bits per heavy atom. The quantitative estimate of drug-likeness (QED) is 0.818. The summed E-state index contributed by atoms with van der Waals surface area (Å²) in [7, 11) is 2.15. The van der Waals surface area contributed by atoms with Crippen LogP contribution >= 0.6 is 0 Å². The highest BCUT2D eigenvalue weighted by Gasteiger charge is 2.25. The van der Waals surface area contributed by atoms with E-state index in [-0.39, 0.29) is 5.91 Å². The summed E-state index contributed by atoms with van der Waals surface area (Å²) in [5, 5.41) is 0. The van der Waals surface area contributed by atoms with Crippen LogP contribution in [-0.4, -0.2) is 65.4 Å². The maximum Gasteiger partial charge on any atom is 0.225 e. The Hall–Kier alpha value is -1.69. The fourth-order valence-electron chi connectivity index (χ4n) is 3.98. The molecule has 2 aliphatic heterocycles. The number of amides is 1. The van der Waals surface area contributed by atoms with Gasteiger partial charge in [0.2, 0.25) is 11.9 Å². The third kappa shape index (κ3) is 4.91. The van der Waals surface area contributed by atoms with Crippen molar-refractivity contribution in [3.8, 4) is 0 Å². The second-order valence-electron chi connectivity index (χ2n) is 7.66. The summed E-state index contributed by atoms with van der Waals surface area (Å²) >= 11 is 0. The first kappa shape index (κ1) is 18.1. The van der Waals surface area contributed by atoms with E-state index in [4.69, 9.17) is 4.98 Å². The smallest absolute Gasteiger partial charge is 0.225 e. The zero-order chi connectivity index (χ0) is 17.8. The highest BCUT2D eigenvalue weighted by atomic mass is 16.2. The van der Waals surface area contributed by atoms with E-state index < -0.39 is 0 Å². The van der Waals surface area contributed by atoms with E-state index in [0.717, 1.165) is 63.0 Å². The molecule has 138 valence electrons. The number of likely N-dealkylation sites (tertiary alicyclic amines) is 1. The van der Waals surface area contributed by atoms with Crippen LogP contribution in [0.2, 0.25) is 0 Å². The van der Waals surface area contributed by atoms with Crippen LogP contribution in [0, 0.1) is 12.8 Å². The van der Waals surface area contributed by atoms with Crippen LogP contribution in [0.1, 0.15) is 44.0 Å². The van der Waals surface area contributed by atoms with Gasteiger partial charge in [-0.2, -0.15) is 0 Å². The van der Waals surface area contributed by atoms with E-state index in [1.807, 2.05) is 4.90 Å². The second kappa shape index (κ2) is 8.13. The molecule has 6 nitrogen and oxygen atoms in total. The number of anilines is 1. The van der Waals surface area contributed by atoms with Gasteiger partial charge in [0.25, 0.3) is 0 Å². The lowest BCUT2D eigenvalue weighted by molar-refractivity contribution is -0.127. The average molecular weight is 345 g/mol. The van der Waals surface area contributed by atoms with Crippen molar-refractivity contribution in [2.24, 2.45) is 5.92 Å². The molecule has 1 amide bonds. The molecule has 0 unspecified atom stereocenters. The highest BCUT2D eigenvalue weighted by molar-refractivity contribution is 5.73. The molecule has 1 aromatic heterocycles. The van der Waals surface area contributed by atoms with Gasteiger partial charge in [0.15, 0.2) is 0 Å². The molecule has 1 aromatic rings. The molecule has 0 aliphatic carbocycles. The predicted octanol–water partition coefficient (Wildman–Crippen LogP) is 2.08. The fourth-order valence-corrected chi connectivity index (χ4v) is 3.98. The van der Waals surface area contributed by atoms with Crippen molar-refractivity contribution < 1.29 is 4.79 Å². The number of hydrogen-bond donors (Lipinski definition) is 0. The molecular formula is C19H31N5O. The van der Waals surface area contributed by atoms with Crippen molar-refractivity contribution >= 4 is 11.9 Å². The SMILES string of the molecule is CC(=O)N1CC[C@@H](CN(C)Cc2cc(C)nc(N3CCCCC3)n2)C1. The second-order valence-corrected chi connectivity index (χ2v) is 7.66. The van der Waals surface area contributed by atoms with Gasteiger partial charge in [-0.25, -0.2) is 9.97 Å². The monoisotopic (exact) mass is 345 g/mol. The van der Waals surface area contributed by atoms with Crippen LogP contribution in [0.5, 0.6) is 0 Å². The maximum absolute atomic E-state index is 11.5. The van der Waals surface area contributed by atoms with Crippen molar-refractivity contribution in [1.82, 2.24) is 19.8 Å². The molecule has 0 saturated carbocycles. The van der Waals surface area contributed by atoms with E-state index in [1.54, 1.807) is 6.92 Å². The van der Waals surface area contributed by atoms with Crippen LogP contribution in [0.15, 0.2) is 6.07 Å². The first-order valence-corrected chi connectivity index (χ1v) is 9.55. The average Bonchev–Trinajstić information content (AvgIpc) is 3.03. The highest BCUT2D eigenvalue weighted by Crippen LogP contribution is 2.19. The largest absolute Gasteiger partial charge is 0.343 e. The standard InChI is InChI=1S/C19H31N5O/c1-15-11-18(21-19(20-15)23-8-5-4-6-9-23)14-22(3)12-17-7-10-24(13-17)16(2)25/h11,17H,4-10,12-14H2,1-3H3/t17-/m0/s1. The molecule has 0 bridgehead atoms. The van der Waals surface area contributed by atoms with Gasteiger partial charge in [0.1, 0.15) is 0 Å². The summed E-state index contributed by atoms with van der Waals surface area (Å²) in [4.78, 5) is 27.6. The van der Waals surface area contributed by atoms with Crippen molar-refractivity contribution in [2.45, 2.75) is 46.1 Å². The molecule has 0 radical (unpaired) electrons. The Kier molecular flexibility index (Phi) is 5.89. The number of rotatable bonds is 5. The number of carbonyl (C=O) groups excluding carboxylic acids is 1. The van der Waals surface area contributed by atoms with Gasteiger partial charge < -0.3 is 14.7 Å². The summed E-state index contributed by atoms with van der Waals surface area (Å²) in [6.07, 6.45) is 4.89. The number of piperidine rings is 1. The van der Waals surface area contributed by atoms with Crippen LogP contribution in [0.3, 0.4) is 0 Å². The van der Waals surface area contributed by atoms with Gasteiger partial charge in [-0.1, -0.05) is 0 Å². The Labute approximate surface area is 151 Å². The number of hydrogen-bond acceptors (Lipinski definition) is 5. The third-order valence-electron chi connectivity index (χ3n) is 5.27. The molecule has 6 heteroatoms. The Morgan fingerprint density at radius 2 is 2.00 bits per heavy atom. The molecule has 2 aliphatic rings. The number of nitrogens with zero attached hydrogens (tertiary/aromatic N) is 5. The predicted molar refractivity (Wildman–Crippen MR) is 99.5 cm³/mol. The number of aromatic nitrogens is 2. The minimum atomic E-state index is 0.197. The lowest BCUT2D eigenvalue weighted by Crippen LogP contribution is -2.32. The number of carbonyl (C=O) groups is 1. The lowest BCUT2D eigenvalue weighted by Gasteiger charge is -2.27. The number of aryl methyl sites for hydroxylation is 1. The first-order valence-electron chi connectivity index (χ1n) is 9.55. The molecule has 0 N–H and O–H groups in total. The third-order valence-corrected chi connectivity index (χ3v) is 5.27. The fraction of sp³-hybridized carbons (Fsp3) is 0.737. The topological polar surface area (TPSA) is 52.6 Å². The molecule has 2 fully saturated rings. The molecule has 0 spiro atoms. The van der Waals surface area contributed by atoms with E-state index in [1.165, 1.54) is 19.3 Å². The summed E-state index contributed by atoms with van der Waals surface area (Å²) < 4.78 is 0. The summed E-state index contributed by atoms with van der Waals surface area (Å²) in [5.41, 5.74) is 2.14. The van der Waals surface area contributed by atoms with Crippen LogP contribution in [0.25, 0.3) is 0 Å². The summed E-state index contributed by atoms with van der Waals surface area (Å²) in [5.74, 6) is 1.66. The Balaban J connectivity index is 1.58. The molecular weight excluding hydrogens is 314 g/mol. The Bertz CT molecular complexity index is 599. The van der Waals surface area contributed by atoms with Crippen LogP contribution < -0.4 is 4.90 Å². The van der Waals surface area contributed by atoms with Crippen molar-refractivity contribution in [3.63, 3.8) is 0 Å². The first-order chi connectivity index (χ1) is 12.0. The van der Waals surface area contributed by atoms with Gasteiger partial charge in [-0.05, 0) is 51.6 Å². The van der Waals surface area contributed by atoms with E-state index in [9.17, 15) is 4.79 Å². The maximum atomic E-state index is 11.5. The molecule has 3 rings (SSSR count). The van der Waals surface area contributed by atoms with Gasteiger partial charge >= 0.3 is 0 Å². The van der Waals surface area contributed by atoms with Crippen molar-refractivity contribution in [1.29, 1.82) is 0 Å². The van der Waals surface area contributed by atoms with Gasteiger partial charge in [-0.15, -0.1) is 0 Å². The molecule has 2 saturated heterocycles. The van der Waals surface area contributed by atoms with Crippen LogP contribution in [0.4, 0.5) is 5.95 Å².